The van der Waals surface area contributed by atoms with Crippen LogP contribution >= 0.6 is 0 Å². The Hall–Kier alpha value is -0.990. The van der Waals surface area contributed by atoms with Crippen LogP contribution in [0.2, 0.25) is 0 Å². The van der Waals surface area contributed by atoms with Crippen LogP contribution in [0.5, 0.6) is 6.01 Å². The number of aromatic nitrogens is 2. The van der Waals surface area contributed by atoms with Crippen molar-refractivity contribution in [2.45, 2.75) is 32.6 Å². The van der Waals surface area contributed by atoms with Gasteiger partial charge in [-0.3, -0.25) is 0 Å². The van der Waals surface area contributed by atoms with Crippen LogP contribution in [0, 0.1) is 0 Å². The van der Waals surface area contributed by atoms with E-state index in [9.17, 15) is 0 Å². The SMILES string of the molecule is CCCCCc1c[nH]c(O)n1. The molecule has 3 heteroatoms. The van der Waals surface area contributed by atoms with Crippen molar-refractivity contribution in [3.05, 3.63) is 11.9 Å². The van der Waals surface area contributed by atoms with Crippen molar-refractivity contribution < 1.29 is 5.11 Å². The van der Waals surface area contributed by atoms with Gasteiger partial charge in [0.1, 0.15) is 0 Å². The van der Waals surface area contributed by atoms with Gasteiger partial charge in [-0.1, -0.05) is 19.8 Å². The Morgan fingerprint density at radius 1 is 1.55 bits per heavy atom. The lowest BCUT2D eigenvalue weighted by atomic mass is 10.2. The third-order valence-corrected chi connectivity index (χ3v) is 1.65. The summed E-state index contributed by atoms with van der Waals surface area (Å²) in [6, 6.07) is 0.0245. The molecule has 0 bridgehead atoms. The van der Waals surface area contributed by atoms with E-state index in [1.165, 1.54) is 12.8 Å². The molecule has 1 heterocycles. The smallest absolute Gasteiger partial charge is 0.291 e. The standard InChI is InChI=1S/C8H14N2O/c1-2-3-4-5-7-6-9-8(11)10-7/h6H,2-5H2,1H3,(H2,9,10,11). The molecule has 2 N–H and O–H groups in total. The van der Waals surface area contributed by atoms with E-state index in [0.717, 1.165) is 18.5 Å². The lowest BCUT2D eigenvalue weighted by Gasteiger charge is -1.92. The molecule has 1 aromatic heterocycles. The molecule has 0 aliphatic heterocycles. The Labute approximate surface area is 66.5 Å². The van der Waals surface area contributed by atoms with Crippen LogP contribution in [0.3, 0.4) is 0 Å². The second-order valence-electron chi connectivity index (χ2n) is 2.67. The zero-order valence-corrected chi connectivity index (χ0v) is 6.80. The lowest BCUT2D eigenvalue weighted by Crippen LogP contribution is -1.84. The quantitative estimate of drug-likeness (QED) is 0.650. The summed E-state index contributed by atoms with van der Waals surface area (Å²) in [6.45, 7) is 2.17. The topological polar surface area (TPSA) is 48.9 Å². The van der Waals surface area contributed by atoms with Gasteiger partial charge in [0.05, 0.1) is 5.69 Å². The van der Waals surface area contributed by atoms with E-state index in [1.807, 2.05) is 0 Å². The summed E-state index contributed by atoms with van der Waals surface area (Å²) in [5.41, 5.74) is 0.955. The Kier molecular flexibility index (Phi) is 2.95. The predicted molar refractivity (Wildman–Crippen MR) is 43.5 cm³/mol. The minimum Gasteiger partial charge on any atom is -0.480 e. The maximum Gasteiger partial charge on any atom is 0.291 e. The number of unbranched alkanes of at least 4 members (excludes halogenated alkanes) is 2. The molecule has 0 saturated carbocycles. The number of imidazole rings is 1. The Morgan fingerprint density at radius 3 is 2.91 bits per heavy atom. The second-order valence-corrected chi connectivity index (χ2v) is 2.67. The van der Waals surface area contributed by atoms with Crippen LogP contribution in [-0.2, 0) is 6.42 Å². The van der Waals surface area contributed by atoms with E-state index >= 15 is 0 Å². The number of rotatable bonds is 4. The fourth-order valence-corrected chi connectivity index (χ4v) is 1.03. The van der Waals surface area contributed by atoms with Crippen LogP contribution in [0.4, 0.5) is 0 Å². The number of H-pyrrole nitrogens is 1. The first kappa shape index (κ1) is 8.11. The minimum atomic E-state index is 0.0245. The number of nitrogens with zero attached hydrogens (tertiary/aromatic N) is 1. The number of aromatic amines is 1. The molecule has 0 aliphatic carbocycles. The number of aryl methyl sites for hydroxylation is 1. The van der Waals surface area contributed by atoms with E-state index in [2.05, 4.69) is 16.9 Å². The number of nitrogens with one attached hydrogen (secondary N) is 1. The average molecular weight is 154 g/mol. The summed E-state index contributed by atoms with van der Waals surface area (Å²) in [6.07, 6.45) is 6.32. The van der Waals surface area contributed by atoms with Gasteiger partial charge in [-0.2, -0.15) is 0 Å². The maximum absolute atomic E-state index is 8.84. The van der Waals surface area contributed by atoms with E-state index in [4.69, 9.17) is 5.11 Å². The van der Waals surface area contributed by atoms with Crippen LogP contribution in [0.25, 0.3) is 0 Å². The molecular formula is C8H14N2O. The Bertz CT molecular complexity index is 208. The van der Waals surface area contributed by atoms with Crippen molar-refractivity contribution in [2.24, 2.45) is 0 Å². The molecule has 0 unspecified atom stereocenters. The van der Waals surface area contributed by atoms with Gasteiger partial charge in [-0.15, -0.1) is 0 Å². The number of aromatic hydroxyl groups is 1. The molecule has 0 atom stereocenters. The van der Waals surface area contributed by atoms with Crippen LogP contribution < -0.4 is 0 Å². The summed E-state index contributed by atoms with van der Waals surface area (Å²) >= 11 is 0. The van der Waals surface area contributed by atoms with Gasteiger partial charge < -0.3 is 10.1 Å². The summed E-state index contributed by atoms with van der Waals surface area (Å²) in [5, 5.41) is 8.84. The molecule has 0 fully saturated rings. The monoisotopic (exact) mass is 154 g/mol. The third-order valence-electron chi connectivity index (χ3n) is 1.65. The first-order valence-electron chi connectivity index (χ1n) is 4.06. The summed E-state index contributed by atoms with van der Waals surface area (Å²) < 4.78 is 0. The predicted octanol–water partition coefficient (Wildman–Crippen LogP) is 1.85. The molecule has 0 radical (unpaired) electrons. The molecule has 3 nitrogen and oxygen atoms in total. The molecule has 0 saturated heterocycles. The fourth-order valence-electron chi connectivity index (χ4n) is 1.03. The third kappa shape index (κ3) is 2.62. The van der Waals surface area contributed by atoms with E-state index in [-0.39, 0.29) is 6.01 Å². The first-order valence-corrected chi connectivity index (χ1v) is 4.06. The van der Waals surface area contributed by atoms with Gasteiger partial charge in [-0.25, -0.2) is 4.98 Å². The normalized spacial score (nSPS) is 10.3. The fraction of sp³-hybridized carbons (Fsp3) is 0.625. The highest BCUT2D eigenvalue weighted by Crippen LogP contribution is 2.06. The Morgan fingerprint density at radius 2 is 2.36 bits per heavy atom. The van der Waals surface area contributed by atoms with Crippen LogP contribution in [-0.4, -0.2) is 15.1 Å². The molecule has 0 aliphatic rings. The van der Waals surface area contributed by atoms with Crippen molar-refractivity contribution in [1.29, 1.82) is 0 Å². The maximum atomic E-state index is 8.84. The van der Waals surface area contributed by atoms with E-state index < -0.39 is 0 Å². The highest BCUT2D eigenvalue weighted by molar-refractivity contribution is 5.03. The summed E-state index contributed by atoms with van der Waals surface area (Å²) in [4.78, 5) is 6.52. The highest BCUT2D eigenvalue weighted by atomic mass is 16.3. The molecular weight excluding hydrogens is 140 g/mol. The van der Waals surface area contributed by atoms with Crippen molar-refractivity contribution in [3.8, 4) is 6.01 Å². The van der Waals surface area contributed by atoms with E-state index in [0.29, 0.717) is 0 Å². The van der Waals surface area contributed by atoms with Gasteiger partial charge in [-0.05, 0) is 12.8 Å². The van der Waals surface area contributed by atoms with Crippen molar-refractivity contribution in [2.75, 3.05) is 0 Å². The second kappa shape index (κ2) is 4.01. The van der Waals surface area contributed by atoms with Gasteiger partial charge in [0, 0.05) is 6.20 Å². The average Bonchev–Trinajstić information content (AvgIpc) is 2.37. The zero-order chi connectivity index (χ0) is 8.10. The zero-order valence-electron chi connectivity index (χ0n) is 6.80. The van der Waals surface area contributed by atoms with Gasteiger partial charge in [0.15, 0.2) is 0 Å². The molecule has 1 aromatic rings. The molecule has 1 rings (SSSR count). The van der Waals surface area contributed by atoms with Crippen molar-refractivity contribution in [3.63, 3.8) is 0 Å². The molecule has 0 amide bonds. The summed E-state index contributed by atoms with van der Waals surface area (Å²) in [5.74, 6) is 0. The minimum absolute atomic E-state index is 0.0245. The van der Waals surface area contributed by atoms with Crippen molar-refractivity contribution in [1.82, 2.24) is 9.97 Å². The summed E-state index contributed by atoms with van der Waals surface area (Å²) in [7, 11) is 0. The highest BCUT2D eigenvalue weighted by Gasteiger charge is 1.97. The van der Waals surface area contributed by atoms with Crippen molar-refractivity contribution >= 4 is 0 Å². The van der Waals surface area contributed by atoms with Gasteiger partial charge in [0.25, 0.3) is 6.01 Å². The van der Waals surface area contributed by atoms with Gasteiger partial charge >= 0.3 is 0 Å². The molecule has 0 spiro atoms. The molecule has 0 aromatic carbocycles. The van der Waals surface area contributed by atoms with Crippen LogP contribution in [0.15, 0.2) is 6.20 Å². The van der Waals surface area contributed by atoms with Crippen LogP contribution in [0.1, 0.15) is 31.9 Å². The number of hydrogen-bond donors (Lipinski definition) is 2. The van der Waals surface area contributed by atoms with E-state index in [1.54, 1.807) is 6.20 Å². The molecule has 11 heavy (non-hydrogen) atoms. The lowest BCUT2D eigenvalue weighted by molar-refractivity contribution is 0.435. The van der Waals surface area contributed by atoms with Gasteiger partial charge in [0.2, 0.25) is 0 Å². The number of hydrogen-bond acceptors (Lipinski definition) is 2. The largest absolute Gasteiger partial charge is 0.480 e. The Balaban J connectivity index is 2.27. The first-order chi connectivity index (χ1) is 5.33. The molecule has 62 valence electrons.